The van der Waals surface area contributed by atoms with Crippen LogP contribution in [-0.4, -0.2) is 15.5 Å². The normalized spacial score (nSPS) is 12.3. The Bertz CT molecular complexity index is 1070. The lowest BCUT2D eigenvalue weighted by Crippen LogP contribution is -2.32. The number of carbonyl (C=O) groups excluding carboxylic acids is 1. The van der Waals surface area contributed by atoms with Crippen molar-refractivity contribution in [2.45, 2.75) is 59.5 Å². The van der Waals surface area contributed by atoms with E-state index >= 15 is 0 Å². The highest BCUT2D eigenvalue weighted by Gasteiger charge is 2.18. The lowest BCUT2D eigenvalue weighted by atomic mass is 9.94. The molecule has 0 saturated heterocycles. The summed E-state index contributed by atoms with van der Waals surface area (Å²) < 4.78 is 1.60. The van der Waals surface area contributed by atoms with Gasteiger partial charge in [0.25, 0.3) is 5.56 Å². The quantitative estimate of drug-likeness (QED) is 0.597. The summed E-state index contributed by atoms with van der Waals surface area (Å²) in [7, 11) is 0. The summed E-state index contributed by atoms with van der Waals surface area (Å²) in [5, 5.41) is 3.79. The predicted molar refractivity (Wildman–Crippen MR) is 122 cm³/mol. The van der Waals surface area contributed by atoms with Gasteiger partial charge in [-0.1, -0.05) is 57.2 Å². The molecule has 3 rings (SSSR count). The van der Waals surface area contributed by atoms with E-state index in [1.54, 1.807) is 17.0 Å². The van der Waals surface area contributed by atoms with Gasteiger partial charge >= 0.3 is 0 Å². The molecule has 2 aromatic carbocycles. The number of nitrogens with one attached hydrogen (secondary N) is 1. The van der Waals surface area contributed by atoms with Crippen LogP contribution in [0.4, 0.5) is 0 Å². The van der Waals surface area contributed by atoms with Gasteiger partial charge in [0, 0.05) is 13.0 Å². The number of amides is 1. The highest BCUT2D eigenvalue weighted by atomic mass is 16.1. The van der Waals surface area contributed by atoms with Gasteiger partial charge in [-0.2, -0.15) is 0 Å². The SMILES string of the molecule is CCc1ccc([C@@H](NC(=O)CCCn2cnc3c(C)cccc3c2=O)C(C)C)cc1. The number of benzene rings is 2. The first-order valence-corrected chi connectivity index (χ1v) is 10.7. The van der Waals surface area contributed by atoms with E-state index in [-0.39, 0.29) is 23.4 Å². The molecule has 1 heterocycles. The molecule has 3 aromatic rings. The molecule has 0 bridgehead atoms. The van der Waals surface area contributed by atoms with E-state index in [1.165, 1.54) is 5.56 Å². The van der Waals surface area contributed by atoms with Crippen LogP contribution < -0.4 is 10.9 Å². The molecule has 30 heavy (non-hydrogen) atoms. The maximum atomic E-state index is 12.7. The molecular formula is C25H31N3O2. The van der Waals surface area contributed by atoms with E-state index in [4.69, 9.17) is 0 Å². The van der Waals surface area contributed by atoms with Crippen molar-refractivity contribution in [1.29, 1.82) is 0 Å². The highest BCUT2D eigenvalue weighted by Crippen LogP contribution is 2.22. The molecule has 0 spiro atoms. The fourth-order valence-corrected chi connectivity index (χ4v) is 3.75. The Kier molecular flexibility index (Phi) is 7.03. The number of carbonyl (C=O) groups is 1. The van der Waals surface area contributed by atoms with Gasteiger partial charge in [-0.15, -0.1) is 0 Å². The second-order valence-electron chi connectivity index (χ2n) is 8.20. The van der Waals surface area contributed by atoms with Gasteiger partial charge in [-0.3, -0.25) is 14.2 Å². The van der Waals surface area contributed by atoms with Gasteiger partial charge in [0.1, 0.15) is 0 Å². The summed E-state index contributed by atoms with van der Waals surface area (Å²) in [6, 6.07) is 14.1. The topological polar surface area (TPSA) is 64.0 Å². The Labute approximate surface area is 178 Å². The van der Waals surface area contributed by atoms with Gasteiger partial charge < -0.3 is 5.32 Å². The molecule has 0 aliphatic heterocycles. The Morgan fingerprint density at radius 2 is 1.87 bits per heavy atom. The Morgan fingerprint density at radius 1 is 1.13 bits per heavy atom. The van der Waals surface area contributed by atoms with Gasteiger partial charge in [-0.25, -0.2) is 4.98 Å². The molecule has 158 valence electrons. The summed E-state index contributed by atoms with van der Waals surface area (Å²) in [4.78, 5) is 29.7. The first-order chi connectivity index (χ1) is 14.4. The van der Waals surface area contributed by atoms with Gasteiger partial charge in [0.05, 0.1) is 23.3 Å². The molecule has 0 unspecified atom stereocenters. The largest absolute Gasteiger partial charge is 0.349 e. The van der Waals surface area contributed by atoms with Crippen molar-refractivity contribution in [3.05, 3.63) is 75.8 Å². The Hall–Kier alpha value is -2.95. The van der Waals surface area contributed by atoms with Crippen molar-refractivity contribution in [3.8, 4) is 0 Å². The number of rotatable bonds is 8. The molecule has 5 heteroatoms. The number of hydrogen-bond acceptors (Lipinski definition) is 3. The maximum absolute atomic E-state index is 12.7. The van der Waals surface area contributed by atoms with Crippen LogP contribution in [0.25, 0.3) is 10.9 Å². The summed E-state index contributed by atoms with van der Waals surface area (Å²) in [5.74, 6) is 0.294. The third-order valence-corrected chi connectivity index (χ3v) is 5.59. The van der Waals surface area contributed by atoms with Crippen LogP contribution in [0, 0.1) is 12.8 Å². The van der Waals surface area contributed by atoms with Crippen LogP contribution in [0.3, 0.4) is 0 Å². The maximum Gasteiger partial charge on any atom is 0.261 e. The molecule has 5 nitrogen and oxygen atoms in total. The van der Waals surface area contributed by atoms with E-state index in [2.05, 4.69) is 55.3 Å². The van der Waals surface area contributed by atoms with Gasteiger partial charge in [-0.05, 0) is 48.4 Å². The van der Waals surface area contributed by atoms with Crippen molar-refractivity contribution >= 4 is 16.8 Å². The number of hydrogen-bond donors (Lipinski definition) is 1. The first kappa shape index (κ1) is 21.8. The second kappa shape index (κ2) is 9.70. The lowest BCUT2D eigenvalue weighted by Gasteiger charge is -2.23. The fourth-order valence-electron chi connectivity index (χ4n) is 3.75. The fraction of sp³-hybridized carbons (Fsp3) is 0.400. The number of fused-ring (bicyclic) bond motifs is 1. The zero-order chi connectivity index (χ0) is 21.7. The molecule has 0 aliphatic carbocycles. The van der Waals surface area contributed by atoms with E-state index in [1.807, 2.05) is 19.1 Å². The number of aromatic nitrogens is 2. The summed E-state index contributed by atoms with van der Waals surface area (Å²) in [5.41, 5.74) is 4.09. The smallest absolute Gasteiger partial charge is 0.261 e. The summed E-state index contributed by atoms with van der Waals surface area (Å²) in [6.45, 7) is 8.78. The Balaban J connectivity index is 1.61. The Morgan fingerprint density at radius 3 is 2.53 bits per heavy atom. The number of aryl methyl sites for hydroxylation is 3. The minimum atomic E-state index is -0.0554. The molecule has 1 amide bonds. The van der Waals surface area contributed by atoms with Gasteiger partial charge in [0.15, 0.2) is 0 Å². The van der Waals surface area contributed by atoms with Crippen LogP contribution in [0.2, 0.25) is 0 Å². The second-order valence-corrected chi connectivity index (χ2v) is 8.20. The molecule has 0 aliphatic rings. The monoisotopic (exact) mass is 405 g/mol. The zero-order valence-electron chi connectivity index (χ0n) is 18.3. The first-order valence-electron chi connectivity index (χ1n) is 10.7. The van der Waals surface area contributed by atoms with Crippen molar-refractivity contribution in [2.24, 2.45) is 5.92 Å². The van der Waals surface area contributed by atoms with Crippen molar-refractivity contribution in [3.63, 3.8) is 0 Å². The number of para-hydroxylation sites is 1. The molecule has 1 N–H and O–H groups in total. The number of nitrogens with zero attached hydrogens (tertiary/aromatic N) is 2. The predicted octanol–water partition coefficient (Wildman–Crippen LogP) is 4.56. The van der Waals surface area contributed by atoms with E-state index in [0.29, 0.717) is 24.8 Å². The van der Waals surface area contributed by atoms with Crippen molar-refractivity contribution in [1.82, 2.24) is 14.9 Å². The third-order valence-electron chi connectivity index (χ3n) is 5.59. The van der Waals surface area contributed by atoms with Crippen LogP contribution >= 0.6 is 0 Å². The van der Waals surface area contributed by atoms with E-state index in [9.17, 15) is 9.59 Å². The van der Waals surface area contributed by atoms with E-state index < -0.39 is 0 Å². The minimum absolute atomic E-state index is 0.00547. The van der Waals surface area contributed by atoms with Crippen LogP contribution in [0.5, 0.6) is 0 Å². The average molecular weight is 406 g/mol. The average Bonchev–Trinajstić information content (AvgIpc) is 2.74. The molecule has 0 saturated carbocycles. The van der Waals surface area contributed by atoms with Crippen molar-refractivity contribution in [2.75, 3.05) is 0 Å². The van der Waals surface area contributed by atoms with Crippen molar-refractivity contribution < 1.29 is 4.79 Å². The zero-order valence-corrected chi connectivity index (χ0v) is 18.3. The third kappa shape index (κ3) is 4.96. The molecular weight excluding hydrogens is 374 g/mol. The standard InChI is InChI=1S/C25H31N3O2/c1-5-19-11-13-20(14-12-19)23(17(2)3)27-22(29)10-7-15-28-16-26-24-18(4)8-6-9-21(24)25(28)30/h6,8-9,11-14,16-17,23H,5,7,10,15H2,1-4H3,(H,27,29)/t23-/m0/s1. The minimum Gasteiger partial charge on any atom is -0.349 e. The van der Waals surface area contributed by atoms with Crippen LogP contribution in [0.1, 0.15) is 56.3 Å². The molecule has 0 fully saturated rings. The molecule has 1 atom stereocenters. The molecule has 1 aromatic heterocycles. The summed E-state index contributed by atoms with van der Waals surface area (Å²) in [6.07, 6.45) is 3.54. The van der Waals surface area contributed by atoms with Crippen LogP contribution in [0.15, 0.2) is 53.6 Å². The van der Waals surface area contributed by atoms with Gasteiger partial charge in [0.2, 0.25) is 5.91 Å². The van der Waals surface area contributed by atoms with E-state index in [0.717, 1.165) is 23.1 Å². The highest BCUT2D eigenvalue weighted by molar-refractivity contribution is 5.80. The summed E-state index contributed by atoms with van der Waals surface area (Å²) >= 11 is 0. The van der Waals surface area contributed by atoms with Crippen LogP contribution in [-0.2, 0) is 17.8 Å². The molecule has 0 radical (unpaired) electrons. The lowest BCUT2D eigenvalue weighted by molar-refractivity contribution is -0.122.